The Morgan fingerprint density at radius 1 is 1.13 bits per heavy atom. The average molecular weight is 334 g/mol. The molecule has 0 unspecified atom stereocenters. The van der Waals surface area contributed by atoms with E-state index in [9.17, 15) is 18.5 Å². The number of benzene rings is 2. The molecule has 1 aliphatic heterocycles. The molecule has 7 nitrogen and oxygen atoms in total. The fraction of sp³-hybridized carbons (Fsp3) is 0.200. The van der Waals surface area contributed by atoms with Crippen molar-refractivity contribution in [2.75, 3.05) is 17.5 Å². The Morgan fingerprint density at radius 3 is 2.35 bits per heavy atom. The topological polar surface area (TPSA) is 93.1 Å². The maximum Gasteiger partial charge on any atom is 0.293 e. The van der Waals surface area contributed by atoms with Gasteiger partial charge in [0.25, 0.3) is 15.7 Å². The third kappa shape index (κ3) is 3.17. The highest BCUT2D eigenvalue weighted by molar-refractivity contribution is 7.92. The van der Waals surface area contributed by atoms with Crippen LogP contribution < -0.4 is 4.31 Å². The van der Waals surface area contributed by atoms with Crippen molar-refractivity contribution in [3.05, 3.63) is 64.7 Å². The summed E-state index contributed by atoms with van der Waals surface area (Å²) < 4.78 is 32.0. The van der Waals surface area contributed by atoms with Crippen LogP contribution in [-0.2, 0) is 14.8 Å². The number of anilines is 1. The number of hydrogen-bond acceptors (Lipinski definition) is 5. The fourth-order valence-corrected chi connectivity index (χ4v) is 3.76. The molecule has 0 spiro atoms. The lowest BCUT2D eigenvalue weighted by molar-refractivity contribution is -0.384. The summed E-state index contributed by atoms with van der Waals surface area (Å²) >= 11 is 0. The summed E-state index contributed by atoms with van der Waals surface area (Å²) in [6, 6.07) is 13.6. The van der Waals surface area contributed by atoms with Gasteiger partial charge in [-0.1, -0.05) is 30.3 Å². The second-order valence-corrected chi connectivity index (χ2v) is 6.91. The van der Waals surface area contributed by atoms with Gasteiger partial charge in [0.05, 0.1) is 29.1 Å². The molecule has 0 aliphatic carbocycles. The molecule has 0 amide bonds. The van der Waals surface area contributed by atoms with Gasteiger partial charge in [-0.2, -0.15) is 0 Å². The van der Waals surface area contributed by atoms with Gasteiger partial charge in [-0.25, -0.2) is 8.42 Å². The molecule has 1 saturated heterocycles. The van der Waals surface area contributed by atoms with Crippen LogP contribution in [0.15, 0.2) is 59.5 Å². The number of epoxide rings is 1. The van der Waals surface area contributed by atoms with E-state index in [2.05, 4.69) is 0 Å². The lowest BCUT2D eigenvalue weighted by Gasteiger charge is -2.23. The maximum absolute atomic E-state index is 12.9. The molecular weight excluding hydrogens is 320 g/mol. The van der Waals surface area contributed by atoms with Crippen molar-refractivity contribution < 1.29 is 18.1 Å². The third-order valence-corrected chi connectivity index (χ3v) is 5.24. The second kappa shape index (κ2) is 5.98. The second-order valence-electron chi connectivity index (χ2n) is 5.05. The quantitative estimate of drug-likeness (QED) is 0.458. The van der Waals surface area contributed by atoms with Gasteiger partial charge in [0, 0.05) is 6.07 Å². The number of hydrogen-bond donors (Lipinski definition) is 0. The molecule has 0 saturated carbocycles. The number of nitrogens with zero attached hydrogens (tertiary/aromatic N) is 2. The molecule has 0 radical (unpaired) electrons. The van der Waals surface area contributed by atoms with Crippen LogP contribution in [0.4, 0.5) is 11.4 Å². The average Bonchev–Trinajstić information content (AvgIpc) is 3.37. The lowest BCUT2D eigenvalue weighted by atomic mass is 10.2. The fourth-order valence-electron chi connectivity index (χ4n) is 2.23. The minimum atomic E-state index is -3.92. The Bertz CT molecular complexity index is 819. The summed E-state index contributed by atoms with van der Waals surface area (Å²) in [4.78, 5) is 10.7. The molecule has 0 N–H and O–H groups in total. The van der Waals surface area contributed by atoms with Crippen LogP contribution in [-0.4, -0.2) is 32.6 Å². The molecular formula is C15H14N2O5S. The standard InChI is InChI=1S/C15H14N2O5S/c18-17(19)15-9-5-4-8-14(15)16(10-12-11-22-12)23(20,21)13-6-2-1-3-7-13/h1-9,12H,10-11H2/t12-/m1/s1. The summed E-state index contributed by atoms with van der Waals surface area (Å²) in [6.45, 7) is 0.490. The zero-order valence-electron chi connectivity index (χ0n) is 12.0. The molecule has 1 heterocycles. The van der Waals surface area contributed by atoms with Gasteiger partial charge < -0.3 is 4.74 Å². The summed E-state index contributed by atoms with van der Waals surface area (Å²) in [5, 5.41) is 11.2. The molecule has 120 valence electrons. The summed E-state index contributed by atoms with van der Waals surface area (Å²) in [6.07, 6.45) is -0.242. The highest BCUT2D eigenvalue weighted by Gasteiger charge is 2.35. The van der Waals surface area contributed by atoms with Gasteiger partial charge in [-0.05, 0) is 18.2 Å². The molecule has 2 aromatic rings. The zero-order valence-corrected chi connectivity index (χ0v) is 12.8. The normalized spacial score (nSPS) is 16.8. The van der Waals surface area contributed by atoms with Gasteiger partial charge in [-0.15, -0.1) is 0 Å². The molecule has 1 fully saturated rings. The van der Waals surface area contributed by atoms with Gasteiger partial charge in [0.1, 0.15) is 5.69 Å². The lowest BCUT2D eigenvalue weighted by Crippen LogP contribution is -2.34. The zero-order chi connectivity index (χ0) is 16.4. The first-order valence-electron chi connectivity index (χ1n) is 6.93. The number of para-hydroxylation sites is 2. The van der Waals surface area contributed by atoms with Gasteiger partial charge in [-0.3, -0.25) is 14.4 Å². The summed E-state index contributed by atoms with van der Waals surface area (Å²) in [7, 11) is -3.92. The smallest absolute Gasteiger partial charge is 0.293 e. The molecule has 1 atom stereocenters. The first-order valence-corrected chi connectivity index (χ1v) is 8.37. The van der Waals surface area contributed by atoms with Gasteiger partial charge >= 0.3 is 0 Å². The summed E-state index contributed by atoms with van der Waals surface area (Å²) in [5.74, 6) is 0. The molecule has 0 bridgehead atoms. The van der Waals surface area contributed by atoms with E-state index in [0.29, 0.717) is 6.61 Å². The summed E-state index contributed by atoms with van der Waals surface area (Å²) in [5.41, 5.74) is -0.218. The third-order valence-electron chi connectivity index (χ3n) is 3.45. The number of nitro benzene ring substituents is 1. The van der Waals surface area contributed by atoms with E-state index < -0.39 is 14.9 Å². The van der Waals surface area contributed by atoms with Crippen molar-refractivity contribution in [2.24, 2.45) is 0 Å². The van der Waals surface area contributed by atoms with E-state index in [1.807, 2.05) is 0 Å². The maximum atomic E-state index is 12.9. The first-order chi connectivity index (χ1) is 11.0. The van der Waals surface area contributed by atoms with Crippen molar-refractivity contribution in [1.29, 1.82) is 0 Å². The number of ether oxygens (including phenoxy) is 1. The Balaban J connectivity index is 2.10. The van der Waals surface area contributed by atoms with Gasteiger partial charge in [0.15, 0.2) is 0 Å². The van der Waals surface area contributed by atoms with E-state index in [1.165, 1.54) is 30.3 Å². The van der Waals surface area contributed by atoms with E-state index in [-0.39, 0.29) is 28.9 Å². The van der Waals surface area contributed by atoms with Crippen molar-refractivity contribution in [2.45, 2.75) is 11.0 Å². The van der Waals surface area contributed by atoms with Crippen LogP contribution in [0.2, 0.25) is 0 Å². The monoisotopic (exact) mass is 334 g/mol. The molecule has 2 aromatic carbocycles. The minimum absolute atomic E-state index is 0.0388. The first kappa shape index (κ1) is 15.4. The van der Waals surface area contributed by atoms with Crippen LogP contribution in [0.3, 0.4) is 0 Å². The van der Waals surface area contributed by atoms with Crippen molar-refractivity contribution in [3.63, 3.8) is 0 Å². The molecule has 0 aromatic heterocycles. The van der Waals surface area contributed by atoms with Crippen LogP contribution in [0, 0.1) is 10.1 Å². The van der Waals surface area contributed by atoms with Crippen molar-refractivity contribution >= 4 is 21.4 Å². The van der Waals surface area contributed by atoms with Crippen LogP contribution in [0.25, 0.3) is 0 Å². The number of sulfonamides is 1. The number of nitro groups is 1. The van der Waals surface area contributed by atoms with E-state index in [0.717, 1.165) is 4.31 Å². The predicted molar refractivity (Wildman–Crippen MR) is 83.8 cm³/mol. The Morgan fingerprint density at radius 2 is 1.74 bits per heavy atom. The van der Waals surface area contributed by atoms with Crippen LogP contribution >= 0.6 is 0 Å². The largest absolute Gasteiger partial charge is 0.371 e. The highest BCUT2D eigenvalue weighted by atomic mass is 32.2. The van der Waals surface area contributed by atoms with Gasteiger partial charge in [0.2, 0.25) is 0 Å². The van der Waals surface area contributed by atoms with E-state index in [1.54, 1.807) is 24.3 Å². The van der Waals surface area contributed by atoms with E-state index >= 15 is 0 Å². The molecule has 8 heteroatoms. The molecule has 3 rings (SSSR count). The Hall–Kier alpha value is -2.45. The van der Waals surface area contributed by atoms with Crippen LogP contribution in [0.1, 0.15) is 0 Å². The van der Waals surface area contributed by atoms with E-state index in [4.69, 9.17) is 4.74 Å². The van der Waals surface area contributed by atoms with Crippen molar-refractivity contribution in [1.82, 2.24) is 0 Å². The minimum Gasteiger partial charge on any atom is -0.371 e. The SMILES string of the molecule is O=[N+]([O-])c1ccccc1N(C[C@@H]1CO1)S(=O)(=O)c1ccccc1. The molecule has 23 heavy (non-hydrogen) atoms. The Kier molecular flexibility index (Phi) is 4.01. The molecule has 1 aliphatic rings. The predicted octanol–water partition coefficient (Wildman–Crippen LogP) is 2.19. The van der Waals surface area contributed by atoms with Crippen LogP contribution in [0.5, 0.6) is 0 Å². The Labute approximate surface area is 133 Å². The highest BCUT2D eigenvalue weighted by Crippen LogP contribution is 2.33. The van der Waals surface area contributed by atoms with Crippen molar-refractivity contribution in [3.8, 4) is 0 Å². The number of rotatable bonds is 6.